The zero-order valence-corrected chi connectivity index (χ0v) is 43.2. The molecule has 4 aromatic rings. The Bertz CT molecular complexity index is 2360. The minimum Gasteiger partial charge on any atom is -0.493 e. The molecule has 0 spiro atoms. The summed E-state index contributed by atoms with van der Waals surface area (Å²) in [7, 11) is 0. The quantitative estimate of drug-likeness (QED) is 0.0381. The molecule has 384 valence electrons. The van der Waals surface area contributed by atoms with Gasteiger partial charge in [0.25, 0.3) is 0 Å². The molecular weight excluding hydrogens is 893 g/mol. The normalized spacial score (nSPS) is 17.4. The predicted molar refractivity (Wildman–Crippen MR) is 298 cm³/mol. The van der Waals surface area contributed by atoms with Crippen LogP contribution in [0.4, 0.5) is 0 Å². The summed E-state index contributed by atoms with van der Waals surface area (Å²) in [6, 6.07) is 20.2. The summed E-state index contributed by atoms with van der Waals surface area (Å²) in [5, 5.41) is 0. The van der Waals surface area contributed by atoms with Crippen molar-refractivity contribution in [1.29, 1.82) is 0 Å². The molecule has 0 radical (unpaired) electrons. The maximum Gasteiger partial charge on any atom is 0.126 e. The van der Waals surface area contributed by atoms with E-state index in [0.29, 0.717) is 25.7 Å². The van der Waals surface area contributed by atoms with Crippen LogP contribution in [-0.2, 0) is 70.0 Å². The van der Waals surface area contributed by atoms with Gasteiger partial charge in [0.1, 0.15) is 61.1 Å². The molecular formula is C65H82O7. The first-order valence-corrected chi connectivity index (χ1v) is 25.6. The number of allylic oxidation sites excluding steroid dienone is 7. The zero-order chi connectivity index (χ0) is 50.5. The molecule has 72 heavy (non-hydrogen) atoms. The lowest BCUT2D eigenvalue weighted by atomic mass is 9.75. The van der Waals surface area contributed by atoms with Crippen molar-refractivity contribution in [2.75, 3.05) is 46.2 Å². The highest BCUT2D eigenvalue weighted by Crippen LogP contribution is 2.42. The van der Waals surface area contributed by atoms with Gasteiger partial charge in [0, 0.05) is 10.8 Å². The zero-order valence-electron chi connectivity index (χ0n) is 43.2. The van der Waals surface area contributed by atoms with Crippen LogP contribution in [0.2, 0.25) is 0 Å². The van der Waals surface area contributed by atoms with E-state index in [2.05, 4.69) is 128 Å². The molecule has 4 fully saturated rings. The Morgan fingerprint density at radius 1 is 0.417 bits per heavy atom. The van der Waals surface area contributed by atoms with Crippen molar-refractivity contribution in [1.82, 2.24) is 0 Å². The Morgan fingerprint density at radius 3 is 1.00 bits per heavy atom. The predicted octanol–water partition coefficient (Wildman–Crippen LogP) is 13.9. The van der Waals surface area contributed by atoms with Crippen molar-refractivity contribution in [3.8, 4) is 23.0 Å². The van der Waals surface area contributed by atoms with Crippen LogP contribution in [0.25, 0.3) is 0 Å². The van der Waals surface area contributed by atoms with Crippen molar-refractivity contribution in [2.45, 2.75) is 122 Å². The first-order chi connectivity index (χ1) is 34.4. The molecule has 4 aromatic carbocycles. The fraction of sp³-hybridized carbons (Fsp3) is 0.415. The molecule has 3 unspecified atom stereocenters. The molecule has 3 heterocycles. The Balaban J connectivity index is 0.000000233. The van der Waals surface area contributed by atoms with Gasteiger partial charge in [0.05, 0.1) is 26.4 Å². The standard InChI is InChI=1S/C34H42O3.C30H36O4.CH4/c1-7-11-25-17-29(18-26(12-8-2)32(25)36-21-24-15-16-24)34(5,6)30-19-27(13-9-3)33(28(20-30)14-10-4)37-23-31-22-35-31;1-6-9-21-14-24(12-13-28(21)33-19-26-17-31-26)30(4,5)25-15-22(10-7-2)29(23(16-25)11-8-3)34-20-27-18-32-27;/h7-10,17-20,24,31H,1-4,11-16,21-23H2,5-6H3;6-8,12-16,26-27H,1-3,9-11,17-20H2,4-5H3;1H4. The van der Waals surface area contributed by atoms with Crippen LogP contribution in [0.15, 0.2) is 143 Å². The van der Waals surface area contributed by atoms with Crippen LogP contribution in [0.3, 0.4) is 0 Å². The highest BCUT2D eigenvalue weighted by Gasteiger charge is 2.32. The Morgan fingerprint density at radius 2 is 0.694 bits per heavy atom. The van der Waals surface area contributed by atoms with Gasteiger partial charge in [-0.2, -0.15) is 0 Å². The molecule has 0 aromatic heterocycles. The third kappa shape index (κ3) is 14.6. The maximum atomic E-state index is 6.40. The minimum absolute atomic E-state index is 0. The maximum absolute atomic E-state index is 6.40. The second-order valence-corrected chi connectivity index (χ2v) is 20.4. The van der Waals surface area contributed by atoms with E-state index in [4.69, 9.17) is 33.2 Å². The summed E-state index contributed by atoms with van der Waals surface area (Å²) >= 11 is 0. The first-order valence-electron chi connectivity index (χ1n) is 25.6. The summed E-state index contributed by atoms with van der Waals surface area (Å²) in [5.74, 6) is 4.49. The topological polar surface area (TPSA) is 74.5 Å². The lowest BCUT2D eigenvalue weighted by Gasteiger charge is -2.30. The molecule has 3 aliphatic heterocycles. The van der Waals surface area contributed by atoms with E-state index in [1.165, 1.54) is 46.2 Å². The van der Waals surface area contributed by atoms with Crippen molar-refractivity contribution in [3.05, 3.63) is 204 Å². The van der Waals surface area contributed by atoms with E-state index in [9.17, 15) is 0 Å². The van der Waals surface area contributed by atoms with E-state index in [1.807, 2.05) is 42.5 Å². The SMILES string of the molecule is C.C=CCc1cc(C(C)(C)c2cc(CC=C)c(OCC3CO3)c(CC=C)c2)cc(CC=C)c1OCC1CC1.C=CCc1cc(C(C)(C)c2cc(CC=C)c(OCC3CO3)c(CC=C)c2)ccc1OCC1CO1. The molecule has 8 rings (SSSR count). The summed E-state index contributed by atoms with van der Waals surface area (Å²) in [6.07, 6.45) is 22.1. The van der Waals surface area contributed by atoms with Gasteiger partial charge in [-0.25, -0.2) is 0 Å². The Kier molecular flexibility index (Phi) is 19.8. The van der Waals surface area contributed by atoms with Crippen molar-refractivity contribution < 1.29 is 33.2 Å². The summed E-state index contributed by atoms with van der Waals surface area (Å²) in [5.41, 5.74) is 12.6. The minimum atomic E-state index is -0.245. The largest absolute Gasteiger partial charge is 0.493 e. The van der Waals surface area contributed by atoms with E-state index in [-0.39, 0.29) is 36.6 Å². The average Bonchev–Trinajstić information content (AvgIpc) is 4.12. The number of benzene rings is 4. The molecule has 3 saturated heterocycles. The third-order valence-electron chi connectivity index (χ3n) is 13.8. The van der Waals surface area contributed by atoms with Gasteiger partial charge in [-0.1, -0.05) is 126 Å². The number of hydrogen-bond acceptors (Lipinski definition) is 7. The number of ether oxygens (including phenoxy) is 7. The van der Waals surface area contributed by atoms with E-state index < -0.39 is 0 Å². The second-order valence-electron chi connectivity index (χ2n) is 20.4. The smallest absolute Gasteiger partial charge is 0.126 e. The van der Waals surface area contributed by atoms with Crippen LogP contribution in [0, 0.1) is 5.92 Å². The highest BCUT2D eigenvalue weighted by atomic mass is 16.6. The van der Waals surface area contributed by atoms with Crippen LogP contribution in [0.5, 0.6) is 23.0 Å². The number of epoxide rings is 3. The van der Waals surface area contributed by atoms with Gasteiger partial charge < -0.3 is 33.2 Å². The fourth-order valence-electron chi connectivity index (χ4n) is 9.02. The highest BCUT2D eigenvalue weighted by molar-refractivity contribution is 5.55. The molecule has 7 heteroatoms. The fourth-order valence-corrected chi connectivity index (χ4v) is 9.02. The molecule has 4 aliphatic rings. The summed E-state index contributed by atoms with van der Waals surface area (Å²) < 4.78 is 41.0. The Labute approximate surface area is 433 Å². The monoisotopic (exact) mass is 975 g/mol. The molecule has 1 aliphatic carbocycles. The summed E-state index contributed by atoms with van der Waals surface area (Å²) in [4.78, 5) is 0. The number of rotatable bonds is 30. The molecule has 1 saturated carbocycles. The van der Waals surface area contributed by atoms with Gasteiger partial charge >= 0.3 is 0 Å². The molecule has 0 bridgehead atoms. The van der Waals surface area contributed by atoms with Crippen LogP contribution in [0.1, 0.15) is 109 Å². The van der Waals surface area contributed by atoms with Gasteiger partial charge in [-0.3, -0.25) is 0 Å². The van der Waals surface area contributed by atoms with Gasteiger partial charge in [-0.15, -0.1) is 46.1 Å². The molecule has 0 amide bonds. The second kappa shape index (κ2) is 25.7. The molecule has 7 nitrogen and oxygen atoms in total. The van der Waals surface area contributed by atoms with E-state index >= 15 is 0 Å². The van der Waals surface area contributed by atoms with E-state index in [1.54, 1.807) is 0 Å². The van der Waals surface area contributed by atoms with Gasteiger partial charge in [-0.05, 0) is 131 Å². The van der Waals surface area contributed by atoms with Gasteiger partial charge in [0.15, 0.2) is 0 Å². The van der Waals surface area contributed by atoms with Crippen molar-refractivity contribution in [2.24, 2.45) is 5.92 Å². The van der Waals surface area contributed by atoms with Crippen LogP contribution >= 0.6 is 0 Å². The van der Waals surface area contributed by atoms with Crippen molar-refractivity contribution in [3.63, 3.8) is 0 Å². The van der Waals surface area contributed by atoms with Crippen LogP contribution in [-0.4, -0.2) is 64.6 Å². The Hall–Kier alpha value is -5.86. The molecule has 0 N–H and O–H groups in total. The lowest BCUT2D eigenvalue weighted by Crippen LogP contribution is -2.21. The number of hydrogen-bond donors (Lipinski definition) is 0. The lowest BCUT2D eigenvalue weighted by molar-refractivity contribution is 0.259. The van der Waals surface area contributed by atoms with Crippen molar-refractivity contribution >= 4 is 0 Å². The third-order valence-corrected chi connectivity index (χ3v) is 13.8. The van der Waals surface area contributed by atoms with Gasteiger partial charge in [0.2, 0.25) is 0 Å². The van der Waals surface area contributed by atoms with E-state index in [0.717, 1.165) is 122 Å². The first kappa shape index (κ1) is 55.5. The molecule has 3 atom stereocenters. The van der Waals surface area contributed by atoms with Crippen LogP contribution < -0.4 is 18.9 Å². The summed E-state index contributed by atoms with van der Waals surface area (Å²) in [6.45, 7) is 42.0. The average molecular weight is 975 g/mol.